The highest BCUT2D eigenvalue weighted by molar-refractivity contribution is 7.09. The maximum absolute atomic E-state index is 14.4. The van der Waals surface area contributed by atoms with Crippen LogP contribution in [0.3, 0.4) is 0 Å². The Morgan fingerprint density at radius 2 is 1.82 bits per heavy atom. The zero-order valence-corrected chi connectivity index (χ0v) is 24.5. The molecule has 8 nitrogen and oxygen atoms in total. The third kappa shape index (κ3) is 4.38. The van der Waals surface area contributed by atoms with Gasteiger partial charge in [0.05, 0.1) is 13.7 Å². The molecule has 1 aromatic carbocycles. The second kappa shape index (κ2) is 9.36. The van der Waals surface area contributed by atoms with Crippen molar-refractivity contribution in [1.82, 2.24) is 9.88 Å². The molecule has 2 fully saturated rings. The van der Waals surface area contributed by atoms with Crippen LogP contribution in [0.15, 0.2) is 29.8 Å². The topological polar surface area (TPSA) is 95.0 Å². The minimum Gasteiger partial charge on any atom is -0.496 e. The molecule has 1 saturated carbocycles. The number of amides is 1. The molecule has 38 heavy (non-hydrogen) atoms. The Morgan fingerprint density at radius 3 is 2.34 bits per heavy atom. The van der Waals surface area contributed by atoms with E-state index < -0.39 is 46.4 Å². The van der Waals surface area contributed by atoms with Gasteiger partial charge in [-0.2, -0.15) is 0 Å². The molecule has 4 atom stereocenters. The fraction of sp³-hybridized carbons (Fsp3) is 0.586. The standard InChI is InChI=1S/C29H38N2O6S/c1-10-36-25(34)29-16-20(29)28(8,24(33)37-27(5,6)7)31(21(29)22-30-13-14-38-22)23(32)17-11-12-18(26(2,3)4)19(15-17)35-9/h11-15,20-21H,10,16H2,1-9H3/t20-,21+,28+,29+/m1/s1. The molecule has 1 aliphatic heterocycles. The van der Waals surface area contributed by atoms with Gasteiger partial charge in [0.25, 0.3) is 5.91 Å². The number of esters is 2. The Hall–Kier alpha value is -2.94. The van der Waals surface area contributed by atoms with E-state index in [1.165, 1.54) is 16.2 Å². The van der Waals surface area contributed by atoms with E-state index in [-0.39, 0.29) is 12.0 Å². The van der Waals surface area contributed by atoms with Crippen LogP contribution < -0.4 is 4.74 Å². The lowest BCUT2D eigenvalue weighted by molar-refractivity contribution is -0.168. The number of rotatable bonds is 6. The van der Waals surface area contributed by atoms with Crippen molar-refractivity contribution in [1.29, 1.82) is 0 Å². The molecule has 2 heterocycles. The number of thiazole rings is 1. The zero-order valence-electron chi connectivity index (χ0n) is 23.7. The summed E-state index contributed by atoms with van der Waals surface area (Å²) in [5, 5.41) is 2.39. The van der Waals surface area contributed by atoms with Gasteiger partial charge in [0.15, 0.2) is 0 Å². The number of piperidine rings is 1. The number of carbonyl (C=O) groups excluding carboxylic acids is 3. The van der Waals surface area contributed by atoms with Gasteiger partial charge in [0.2, 0.25) is 0 Å². The van der Waals surface area contributed by atoms with Crippen molar-refractivity contribution in [2.45, 2.75) is 84.4 Å². The summed E-state index contributed by atoms with van der Waals surface area (Å²) in [5.41, 5.74) is -2.17. The minimum absolute atomic E-state index is 0.195. The number of benzene rings is 1. The lowest BCUT2D eigenvalue weighted by Gasteiger charge is -2.41. The predicted octanol–water partition coefficient (Wildman–Crippen LogP) is 5.32. The van der Waals surface area contributed by atoms with Gasteiger partial charge < -0.3 is 19.1 Å². The summed E-state index contributed by atoms with van der Waals surface area (Å²) in [4.78, 5) is 47.9. The second-order valence-electron chi connectivity index (χ2n) is 12.3. The van der Waals surface area contributed by atoms with Gasteiger partial charge in [-0.3, -0.25) is 9.59 Å². The van der Waals surface area contributed by atoms with E-state index in [1.807, 2.05) is 6.07 Å². The largest absolute Gasteiger partial charge is 0.496 e. The average Bonchev–Trinajstić information content (AvgIpc) is 3.25. The van der Waals surface area contributed by atoms with Crippen LogP contribution in [-0.2, 0) is 24.5 Å². The minimum atomic E-state index is -1.41. The lowest BCUT2D eigenvalue weighted by Crippen LogP contribution is -2.56. The number of aromatic nitrogens is 1. The number of methoxy groups -OCH3 is 1. The normalized spacial score (nSPS) is 26.5. The third-order valence-electron chi connectivity index (χ3n) is 7.56. The molecule has 1 aromatic heterocycles. The summed E-state index contributed by atoms with van der Waals surface area (Å²) >= 11 is 1.35. The highest BCUT2D eigenvalue weighted by Crippen LogP contribution is 2.74. The Kier molecular flexibility index (Phi) is 6.92. The number of nitrogens with zero attached hydrogens (tertiary/aromatic N) is 2. The molecule has 0 spiro atoms. The summed E-state index contributed by atoms with van der Waals surface area (Å²) in [6, 6.07) is 4.57. The van der Waals surface area contributed by atoms with Crippen molar-refractivity contribution in [3.8, 4) is 5.75 Å². The van der Waals surface area contributed by atoms with Crippen LogP contribution in [0.1, 0.15) is 88.8 Å². The molecule has 1 saturated heterocycles. The van der Waals surface area contributed by atoms with Crippen molar-refractivity contribution in [3.05, 3.63) is 45.9 Å². The van der Waals surface area contributed by atoms with Gasteiger partial charge in [-0.1, -0.05) is 26.8 Å². The van der Waals surface area contributed by atoms with Crippen LogP contribution in [0.25, 0.3) is 0 Å². The smallest absolute Gasteiger partial charge is 0.332 e. The van der Waals surface area contributed by atoms with Crippen LogP contribution in [-0.4, -0.2) is 52.6 Å². The maximum Gasteiger partial charge on any atom is 0.332 e. The lowest BCUT2D eigenvalue weighted by atomic mass is 9.85. The first-order valence-electron chi connectivity index (χ1n) is 12.9. The summed E-state index contributed by atoms with van der Waals surface area (Å²) in [7, 11) is 1.57. The van der Waals surface area contributed by atoms with Gasteiger partial charge >= 0.3 is 11.9 Å². The third-order valence-corrected chi connectivity index (χ3v) is 8.38. The van der Waals surface area contributed by atoms with E-state index in [2.05, 4.69) is 25.8 Å². The molecule has 0 bridgehead atoms. The molecule has 1 aliphatic carbocycles. The van der Waals surface area contributed by atoms with Crippen molar-refractivity contribution < 1.29 is 28.6 Å². The van der Waals surface area contributed by atoms with E-state index in [1.54, 1.807) is 65.4 Å². The Bertz CT molecular complexity index is 1240. The highest BCUT2D eigenvalue weighted by Gasteiger charge is 2.83. The van der Waals surface area contributed by atoms with Crippen molar-refractivity contribution in [3.63, 3.8) is 0 Å². The molecule has 206 valence electrons. The summed E-state index contributed by atoms with van der Waals surface area (Å²) in [5.74, 6) is -1.26. The number of likely N-dealkylation sites (tertiary alicyclic amines) is 1. The SMILES string of the molecule is CCOC(=O)[C@@]12C[C@@H]1[C@@](C)(C(=O)OC(C)(C)C)N(C(=O)c1ccc(C(C)(C)C)c(OC)c1)[C@H]2c1nccs1. The van der Waals surface area contributed by atoms with Gasteiger partial charge in [-0.25, -0.2) is 9.78 Å². The summed E-state index contributed by atoms with van der Waals surface area (Å²) in [6.07, 6.45) is 2.05. The van der Waals surface area contributed by atoms with Crippen LogP contribution in [0.4, 0.5) is 0 Å². The molecular formula is C29H38N2O6S. The molecular weight excluding hydrogens is 504 g/mol. The number of hydrogen-bond acceptors (Lipinski definition) is 8. The van der Waals surface area contributed by atoms with E-state index in [4.69, 9.17) is 14.2 Å². The molecule has 0 unspecified atom stereocenters. The van der Waals surface area contributed by atoms with Crippen molar-refractivity contribution >= 4 is 29.2 Å². The Labute approximate surface area is 228 Å². The maximum atomic E-state index is 14.4. The first-order valence-corrected chi connectivity index (χ1v) is 13.8. The predicted molar refractivity (Wildman–Crippen MR) is 144 cm³/mol. The number of carbonyl (C=O) groups is 3. The van der Waals surface area contributed by atoms with Crippen LogP contribution in [0.2, 0.25) is 0 Å². The number of fused-ring (bicyclic) bond motifs is 1. The summed E-state index contributed by atoms with van der Waals surface area (Å²) < 4.78 is 17.1. The Morgan fingerprint density at radius 1 is 1.13 bits per heavy atom. The monoisotopic (exact) mass is 542 g/mol. The quantitative estimate of drug-likeness (QED) is 0.456. The molecule has 2 aromatic rings. The van der Waals surface area contributed by atoms with E-state index in [0.29, 0.717) is 22.7 Å². The molecule has 1 amide bonds. The van der Waals surface area contributed by atoms with Crippen LogP contribution in [0.5, 0.6) is 5.75 Å². The van der Waals surface area contributed by atoms with Crippen molar-refractivity contribution in [2.75, 3.05) is 13.7 Å². The molecule has 9 heteroatoms. The number of ether oxygens (including phenoxy) is 3. The van der Waals surface area contributed by atoms with Crippen LogP contribution >= 0.6 is 11.3 Å². The molecule has 4 rings (SSSR count). The first-order chi connectivity index (χ1) is 17.6. The van der Waals surface area contributed by atoms with Gasteiger partial charge in [-0.15, -0.1) is 11.3 Å². The first kappa shape index (κ1) is 28.1. The van der Waals surface area contributed by atoms with Gasteiger partial charge in [-0.05, 0) is 64.2 Å². The van der Waals surface area contributed by atoms with Crippen LogP contribution in [0, 0.1) is 11.3 Å². The van der Waals surface area contributed by atoms with Crippen molar-refractivity contribution in [2.24, 2.45) is 11.3 Å². The second-order valence-corrected chi connectivity index (χ2v) is 13.2. The fourth-order valence-electron chi connectivity index (χ4n) is 5.78. The zero-order chi connectivity index (χ0) is 28.3. The van der Waals surface area contributed by atoms with E-state index >= 15 is 0 Å². The van der Waals surface area contributed by atoms with Gasteiger partial charge in [0, 0.05) is 23.1 Å². The Balaban J connectivity index is 1.90. The average molecular weight is 543 g/mol. The molecule has 0 radical (unpaired) electrons. The fourth-order valence-corrected chi connectivity index (χ4v) is 6.61. The number of hydrogen-bond donors (Lipinski definition) is 0. The van der Waals surface area contributed by atoms with Gasteiger partial charge in [0.1, 0.15) is 33.4 Å². The summed E-state index contributed by atoms with van der Waals surface area (Å²) in [6.45, 7) is 15.2. The van der Waals surface area contributed by atoms with E-state index in [0.717, 1.165) is 5.56 Å². The van der Waals surface area contributed by atoms with E-state index in [9.17, 15) is 14.4 Å². The molecule has 0 N–H and O–H groups in total. The highest BCUT2D eigenvalue weighted by atomic mass is 32.1. The molecule has 2 aliphatic rings.